The lowest BCUT2D eigenvalue weighted by atomic mass is 10.4. The molecule has 1 heterocycles. The van der Waals surface area contributed by atoms with Gasteiger partial charge in [0.2, 0.25) is 10.0 Å². The molecule has 0 aromatic carbocycles. The molecule has 20 heavy (non-hydrogen) atoms. The van der Waals surface area contributed by atoms with Crippen molar-refractivity contribution in [2.75, 3.05) is 19.6 Å². The highest BCUT2D eigenvalue weighted by molar-refractivity contribution is 7.89. The van der Waals surface area contributed by atoms with Gasteiger partial charge in [-0.2, -0.15) is 4.31 Å². The Balaban J connectivity index is 3.03. The van der Waals surface area contributed by atoms with Crippen molar-refractivity contribution in [1.82, 2.24) is 9.62 Å². The Bertz CT molecular complexity index is 502. The minimum Gasteiger partial charge on any atom is -0.464 e. The van der Waals surface area contributed by atoms with Gasteiger partial charge in [0.1, 0.15) is 16.4 Å². The van der Waals surface area contributed by atoms with Gasteiger partial charge in [-0.15, -0.1) is 0 Å². The van der Waals surface area contributed by atoms with E-state index >= 15 is 0 Å². The van der Waals surface area contributed by atoms with Crippen molar-refractivity contribution >= 4 is 10.0 Å². The molecule has 1 aromatic rings. The van der Waals surface area contributed by atoms with Crippen molar-refractivity contribution in [3.05, 3.63) is 17.6 Å². The van der Waals surface area contributed by atoms with Crippen molar-refractivity contribution in [3.8, 4) is 0 Å². The third-order valence-electron chi connectivity index (χ3n) is 3.04. The molecule has 0 saturated heterocycles. The maximum atomic E-state index is 12.7. The van der Waals surface area contributed by atoms with E-state index in [1.165, 1.54) is 0 Å². The summed E-state index contributed by atoms with van der Waals surface area (Å²) in [6, 6.07) is 1.64. The molecule has 0 radical (unpaired) electrons. The van der Waals surface area contributed by atoms with Gasteiger partial charge in [-0.25, -0.2) is 8.42 Å². The predicted molar refractivity (Wildman–Crippen MR) is 80.2 cm³/mol. The summed E-state index contributed by atoms with van der Waals surface area (Å²) in [6.45, 7) is 10.1. The average molecular weight is 302 g/mol. The van der Waals surface area contributed by atoms with E-state index in [0.29, 0.717) is 36.1 Å². The molecule has 0 fully saturated rings. The standard InChI is InChI=1S/C14H26N2O3S/c1-5-8-16(9-6-2)20(17,18)14-10-13(11-15-7-3)19-12(14)4/h10,15H,5-9,11H2,1-4H3. The number of hydrogen-bond donors (Lipinski definition) is 1. The molecule has 1 N–H and O–H groups in total. The second kappa shape index (κ2) is 7.81. The van der Waals surface area contributed by atoms with Crippen LogP contribution >= 0.6 is 0 Å². The SMILES string of the molecule is CCCN(CCC)S(=O)(=O)c1cc(CNCC)oc1C. The first-order valence-electron chi connectivity index (χ1n) is 7.27. The maximum Gasteiger partial charge on any atom is 0.246 e. The molecule has 0 bridgehead atoms. The molecule has 5 nitrogen and oxygen atoms in total. The second-order valence-corrected chi connectivity index (χ2v) is 6.72. The zero-order valence-electron chi connectivity index (χ0n) is 12.9. The molecule has 0 atom stereocenters. The zero-order valence-corrected chi connectivity index (χ0v) is 13.7. The normalized spacial score (nSPS) is 12.2. The van der Waals surface area contributed by atoms with Crippen LogP contribution in [0.4, 0.5) is 0 Å². The molecule has 0 aliphatic carbocycles. The number of aryl methyl sites for hydroxylation is 1. The summed E-state index contributed by atoms with van der Waals surface area (Å²) in [4.78, 5) is 0.298. The lowest BCUT2D eigenvalue weighted by molar-refractivity contribution is 0.407. The van der Waals surface area contributed by atoms with Crippen molar-refractivity contribution in [3.63, 3.8) is 0 Å². The molecule has 0 aliphatic rings. The summed E-state index contributed by atoms with van der Waals surface area (Å²) < 4.78 is 32.4. The quantitative estimate of drug-likeness (QED) is 0.761. The Labute approximate surface area is 122 Å². The fraction of sp³-hybridized carbons (Fsp3) is 0.714. The maximum absolute atomic E-state index is 12.7. The third-order valence-corrected chi connectivity index (χ3v) is 5.04. The van der Waals surface area contributed by atoms with Crippen molar-refractivity contribution < 1.29 is 12.8 Å². The Hall–Kier alpha value is -0.850. The van der Waals surface area contributed by atoms with E-state index in [1.54, 1.807) is 17.3 Å². The Kier molecular flexibility index (Phi) is 6.71. The van der Waals surface area contributed by atoms with Crippen LogP contribution in [0.3, 0.4) is 0 Å². The van der Waals surface area contributed by atoms with Crippen LogP contribution in [0.25, 0.3) is 0 Å². The lowest BCUT2D eigenvalue weighted by Gasteiger charge is -2.20. The van der Waals surface area contributed by atoms with Crippen molar-refractivity contribution in [2.45, 2.75) is 52.0 Å². The minimum atomic E-state index is -3.45. The van der Waals surface area contributed by atoms with E-state index in [1.807, 2.05) is 20.8 Å². The van der Waals surface area contributed by atoms with Crippen molar-refractivity contribution in [2.24, 2.45) is 0 Å². The summed E-state index contributed by atoms with van der Waals surface area (Å²) in [7, 11) is -3.45. The van der Waals surface area contributed by atoms with Crippen LogP contribution in [0.1, 0.15) is 45.1 Å². The number of nitrogens with one attached hydrogen (secondary N) is 1. The van der Waals surface area contributed by atoms with Crippen LogP contribution in [0.15, 0.2) is 15.4 Å². The van der Waals surface area contributed by atoms with Gasteiger partial charge < -0.3 is 9.73 Å². The van der Waals surface area contributed by atoms with E-state index in [2.05, 4.69) is 5.32 Å². The largest absolute Gasteiger partial charge is 0.464 e. The first-order chi connectivity index (χ1) is 9.47. The molecule has 116 valence electrons. The van der Waals surface area contributed by atoms with E-state index < -0.39 is 10.0 Å². The zero-order chi connectivity index (χ0) is 15.2. The Morgan fingerprint density at radius 2 is 1.80 bits per heavy atom. The number of sulfonamides is 1. The van der Waals surface area contributed by atoms with Crippen LogP contribution in [0.2, 0.25) is 0 Å². The molecule has 1 rings (SSSR count). The summed E-state index contributed by atoms with van der Waals surface area (Å²) in [6.07, 6.45) is 1.61. The van der Waals surface area contributed by atoms with Crippen molar-refractivity contribution in [1.29, 1.82) is 0 Å². The van der Waals surface area contributed by atoms with Gasteiger partial charge in [0.25, 0.3) is 0 Å². The van der Waals surface area contributed by atoms with Gasteiger partial charge in [-0.3, -0.25) is 0 Å². The number of nitrogens with zero attached hydrogens (tertiary/aromatic N) is 1. The van der Waals surface area contributed by atoms with Gasteiger partial charge in [0, 0.05) is 19.2 Å². The number of rotatable bonds is 9. The first kappa shape index (κ1) is 17.2. The monoisotopic (exact) mass is 302 g/mol. The Morgan fingerprint density at radius 1 is 1.20 bits per heavy atom. The number of furan rings is 1. The minimum absolute atomic E-state index is 0.298. The fourth-order valence-corrected chi connectivity index (χ4v) is 3.92. The highest BCUT2D eigenvalue weighted by atomic mass is 32.2. The van der Waals surface area contributed by atoms with E-state index in [-0.39, 0.29) is 0 Å². The van der Waals surface area contributed by atoms with E-state index in [4.69, 9.17) is 4.42 Å². The fourth-order valence-electron chi connectivity index (χ4n) is 2.11. The van der Waals surface area contributed by atoms with Crippen LogP contribution in [0, 0.1) is 6.92 Å². The van der Waals surface area contributed by atoms with Gasteiger partial charge in [-0.1, -0.05) is 20.8 Å². The van der Waals surface area contributed by atoms with Crippen LogP contribution in [-0.4, -0.2) is 32.4 Å². The van der Waals surface area contributed by atoms with E-state index in [9.17, 15) is 8.42 Å². The smallest absolute Gasteiger partial charge is 0.246 e. The molecule has 0 unspecified atom stereocenters. The van der Waals surface area contributed by atoms with Gasteiger partial charge in [0.05, 0.1) is 6.54 Å². The first-order valence-corrected chi connectivity index (χ1v) is 8.71. The lowest BCUT2D eigenvalue weighted by Crippen LogP contribution is -2.32. The molecule has 1 aromatic heterocycles. The summed E-state index contributed by atoms with van der Waals surface area (Å²) in [5.74, 6) is 1.13. The van der Waals surface area contributed by atoms with Gasteiger partial charge >= 0.3 is 0 Å². The van der Waals surface area contributed by atoms with Gasteiger partial charge in [0.15, 0.2) is 0 Å². The summed E-state index contributed by atoms with van der Waals surface area (Å²) in [5.41, 5.74) is 0. The molecule has 0 amide bonds. The Morgan fingerprint density at radius 3 is 2.30 bits per heavy atom. The third kappa shape index (κ3) is 4.07. The number of hydrogen-bond acceptors (Lipinski definition) is 4. The molecular formula is C14H26N2O3S. The highest BCUT2D eigenvalue weighted by Crippen LogP contribution is 2.24. The molecule has 0 spiro atoms. The van der Waals surface area contributed by atoms with Crippen LogP contribution in [-0.2, 0) is 16.6 Å². The predicted octanol–water partition coefficient (Wildman–Crippen LogP) is 2.51. The highest BCUT2D eigenvalue weighted by Gasteiger charge is 2.27. The van der Waals surface area contributed by atoms with Gasteiger partial charge in [-0.05, 0) is 26.3 Å². The van der Waals surface area contributed by atoms with Crippen LogP contribution in [0.5, 0.6) is 0 Å². The molecular weight excluding hydrogens is 276 g/mol. The average Bonchev–Trinajstić information content (AvgIpc) is 2.78. The van der Waals surface area contributed by atoms with E-state index in [0.717, 1.165) is 19.4 Å². The molecule has 0 saturated carbocycles. The topological polar surface area (TPSA) is 62.6 Å². The molecule has 0 aliphatic heterocycles. The summed E-state index contributed by atoms with van der Waals surface area (Å²) >= 11 is 0. The summed E-state index contributed by atoms with van der Waals surface area (Å²) in [5, 5.41) is 3.13. The van der Waals surface area contributed by atoms with Crippen LogP contribution < -0.4 is 5.32 Å². The second-order valence-electron chi connectivity index (χ2n) is 4.82. The molecule has 6 heteroatoms.